The summed E-state index contributed by atoms with van der Waals surface area (Å²) in [6.45, 7) is 7.73. The molecular weight excluding hydrogens is 471 g/mol. The van der Waals surface area contributed by atoms with Crippen molar-refractivity contribution in [2.45, 2.75) is 32.9 Å². The molecule has 0 saturated heterocycles. The molecule has 7 heteroatoms. The summed E-state index contributed by atoms with van der Waals surface area (Å²) in [5.41, 5.74) is 2.68. The summed E-state index contributed by atoms with van der Waals surface area (Å²) in [6, 6.07) is 10.3. The van der Waals surface area contributed by atoms with Crippen LogP contribution in [0.4, 0.5) is 5.69 Å². The molecule has 0 spiro atoms. The van der Waals surface area contributed by atoms with Gasteiger partial charge in [-0.2, -0.15) is 0 Å². The Kier molecular flexibility index (Phi) is 9.55. The average Bonchev–Trinajstić information content (AvgIpc) is 3.13. The van der Waals surface area contributed by atoms with E-state index >= 15 is 0 Å². The minimum atomic E-state index is -0.923. The minimum absolute atomic E-state index is 0. The number of nitrogens with zero attached hydrogens (tertiary/aromatic N) is 2. The van der Waals surface area contributed by atoms with E-state index < -0.39 is 5.60 Å². The summed E-state index contributed by atoms with van der Waals surface area (Å²) < 4.78 is 0. The lowest BCUT2D eigenvalue weighted by Gasteiger charge is -2.23. The first-order chi connectivity index (χ1) is 12.3. The van der Waals surface area contributed by atoms with Crippen LogP contribution in [0, 0.1) is 6.92 Å². The number of halogens is 1. The molecule has 27 heavy (non-hydrogen) atoms. The van der Waals surface area contributed by atoms with E-state index in [1.54, 1.807) is 11.3 Å². The fraction of sp³-hybridized carbons (Fsp3) is 0.450. The summed E-state index contributed by atoms with van der Waals surface area (Å²) in [6.07, 6.45) is 0. The van der Waals surface area contributed by atoms with E-state index in [1.165, 1.54) is 16.8 Å². The normalized spacial score (nSPS) is 13.5. The molecule has 1 heterocycles. The van der Waals surface area contributed by atoms with Crippen LogP contribution in [0.5, 0.6) is 0 Å². The van der Waals surface area contributed by atoms with Gasteiger partial charge >= 0.3 is 0 Å². The van der Waals surface area contributed by atoms with Gasteiger partial charge in [0.25, 0.3) is 0 Å². The first-order valence-electron chi connectivity index (χ1n) is 8.89. The molecule has 150 valence electrons. The highest BCUT2D eigenvalue weighted by Gasteiger charge is 2.24. The molecule has 1 atom stereocenters. The van der Waals surface area contributed by atoms with Gasteiger partial charge < -0.3 is 20.6 Å². The zero-order valence-electron chi connectivity index (χ0n) is 16.7. The SMILES string of the molecule is CCNC(=NCc1ccc(N(C)C)cc1C)NCC(C)(O)c1cccs1.I. The van der Waals surface area contributed by atoms with Gasteiger partial charge in [0.15, 0.2) is 5.96 Å². The third-order valence-corrected chi connectivity index (χ3v) is 5.37. The van der Waals surface area contributed by atoms with Crippen LogP contribution < -0.4 is 15.5 Å². The maximum Gasteiger partial charge on any atom is 0.191 e. The molecule has 0 fully saturated rings. The van der Waals surface area contributed by atoms with Crippen molar-refractivity contribution in [3.05, 3.63) is 51.7 Å². The number of nitrogens with one attached hydrogen (secondary N) is 2. The summed E-state index contributed by atoms with van der Waals surface area (Å²) in [5, 5.41) is 19.1. The molecule has 0 aliphatic heterocycles. The number of aliphatic hydroxyl groups is 1. The fourth-order valence-corrected chi connectivity index (χ4v) is 3.36. The Morgan fingerprint density at radius 3 is 2.56 bits per heavy atom. The van der Waals surface area contributed by atoms with Gasteiger partial charge in [-0.3, -0.25) is 0 Å². The van der Waals surface area contributed by atoms with Crippen LogP contribution in [0.2, 0.25) is 0 Å². The Labute approximate surface area is 183 Å². The topological polar surface area (TPSA) is 59.9 Å². The van der Waals surface area contributed by atoms with Crippen LogP contribution in [0.25, 0.3) is 0 Å². The van der Waals surface area contributed by atoms with Gasteiger partial charge in [-0.1, -0.05) is 12.1 Å². The van der Waals surface area contributed by atoms with E-state index in [2.05, 4.69) is 45.6 Å². The van der Waals surface area contributed by atoms with Crippen molar-refractivity contribution < 1.29 is 5.11 Å². The lowest BCUT2D eigenvalue weighted by atomic mass is 10.1. The molecule has 2 aromatic rings. The second kappa shape index (κ2) is 10.9. The van der Waals surface area contributed by atoms with E-state index in [9.17, 15) is 5.11 Å². The Bertz CT molecular complexity index is 730. The van der Waals surface area contributed by atoms with E-state index in [0.29, 0.717) is 19.0 Å². The van der Waals surface area contributed by atoms with Crippen LogP contribution in [0.1, 0.15) is 29.9 Å². The zero-order valence-corrected chi connectivity index (χ0v) is 19.9. The van der Waals surface area contributed by atoms with E-state index in [-0.39, 0.29) is 24.0 Å². The van der Waals surface area contributed by atoms with Gasteiger partial charge in [-0.15, -0.1) is 35.3 Å². The molecule has 0 radical (unpaired) electrons. The predicted octanol–water partition coefficient (Wildman–Crippen LogP) is 3.70. The van der Waals surface area contributed by atoms with Gasteiger partial charge in [0, 0.05) is 31.2 Å². The zero-order chi connectivity index (χ0) is 19.2. The number of anilines is 1. The Morgan fingerprint density at radius 1 is 1.26 bits per heavy atom. The fourth-order valence-electron chi connectivity index (χ4n) is 2.57. The molecule has 1 aromatic heterocycles. The van der Waals surface area contributed by atoms with Crippen molar-refractivity contribution >= 4 is 47.0 Å². The number of benzene rings is 1. The summed E-state index contributed by atoms with van der Waals surface area (Å²) >= 11 is 1.56. The Morgan fingerprint density at radius 2 is 2.00 bits per heavy atom. The Balaban J connectivity index is 0.00000364. The van der Waals surface area contributed by atoms with Crippen LogP contribution in [0.15, 0.2) is 40.7 Å². The molecule has 0 aliphatic carbocycles. The maximum absolute atomic E-state index is 10.7. The molecule has 2 rings (SSSR count). The molecule has 5 nitrogen and oxygen atoms in total. The standard InChI is InChI=1S/C20H30N4OS.HI/c1-6-21-19(23-14-20(3,25)18-8-7-11-26-18)22-13-16-9-10-17(24(4)5)12-15(16)2;/h7-12,25H,6,13-14H2,1-5H3,(H2,21,22,23);1H. The van der Waals surface area contributed by atoms with Crippen LogP contribution in [0.3, 0.4) is 0 Å². The number of hydrogen-bond donors (Lipinski definition) is 3. The van der Waals surface area contributed by atoms with Gasteiger partial charge in [0.2, 0.25) is 0 Å². The number of guanidine groups is 1. The molecule has 0 bridgehead atoms. The first-order valence-corrected chi connectivity index (χ1v) is 9.77. The summed E-state index contributed by atoms with van der Waals surface area (Å²) in [7, 11) is 4.08. The summed E-state index contributed by atoms with van der Waals surface area (Å²) in [4.78, 5) is 7.71. The molecular formula is C20H31IN4OS. The number of hydrogen-bond acceptors (Lipinski definition) is 4. The van der Waals surface area contributed by atoms with Crippen molar-refractivity contribution in [3.8, 4) is 0 Å². The van der Waals surface area contributed by atoms with Crippen molar-refractivity contribution in [1.82, 2.24) is 10.6 Å². The van der Waals surface area contributed by atoms with Gasteiger partial charge in [-0.05, 0) is 55.5 Å². The van der Waals surface area contributed by atoms with Gasteiger partial charge in [-0.25, -0.2) is 4.99 Å². The monoisotopic (exact) mass is 502 g/mol. The van der Waals surface area contributed by atoms with Crippen LogP contribution >= 0.6 is 35.3 Å². The molecule has 0 saturated carbocycles. The van der Waals surface area contributed by atoms with Gasteiger partial charge in [0.1, 0.15) is 5.60 Å². The van der Waals surface area contributed by atoms with Crippen molar-refractivity contribution in [3.63, 3.8) is 0 Å². The maximum atomic E-state index is 10.7. The predicted molar refractivity (Wildman–Crippen MR) is 128 cm³/mol. The van der Waals surface area contributed by atoms with Crippen molar-refractivity contribution in [1.29, 1.82) is 0 Å². The van der Waals surface area contributed by atoms with Crippen LogP contribution in [-0.4, -0.2) is 38.3 Å². The third kappa shape index (κ3) is 6.97. The molecule has 0 amide bonds. The highest BCUT2D eigenvalue weighted by atomic mass is 127. The number of aryl methyl sites for hydroxylation is 1. The van der Waals surface area contributed by atoms with E-state index in [1.807, 2.05) is 45.5 Å². The van der Waals surface area contributed by atoms with E-state index in [4.69, 9.17) is 0 Å². The van der Waals surface area contributed by atoms with Gasteiger partial charge in [0.05, 0.1) is 13.1 Å². The molecule has 0 aliphatic rings. The third-order valence-electron chi connectivity index (χ3n) is 4.25. The smallest absolute Gasteiger partial charge is 0.191 e. The average molecular weight is 502 g/mol. The van der Waals surface area contributed by atoms with Crippen molar-refractivity contribution in [2.24, 2.45) is 4.99 Å². The van der Waals surface area contributed by atoms with Crippen molar-refractivity contribution in [2.75, 3.05) is 32.1 Å². The number of thiophene rings is 1. The molecule has 1 unspecified atom stereocenters. The minimum Gasteiger partial charge on any atom is -0.383 e. The highest BCUT2D eigenvalue weighted by molar-refractivity contribution is 14.0. The second-order valence-electron chi connectivity index (χ2n) is 6.81. The quantitative estimate of drug-likeness (QED) is 0.307. The number of rotatable bonds is 7. The van der Waals surface area contributed by atoms with E-state index in [0.717, 1.165) is 11.4 Å². The lowest BCUT2D eigenvalue weighted by Crippen LogP contribution is -2.44. The molecule has 3 N–H and O–H groups in total. The highest BCUT2D eigenvalue weighted by Crippen LogP contribution is 2.24. The summed E-state index contributed by atoms with van der Waals surface area (Å²) in [5.74, 6) is 0.709. The lowest BCUT2D eigenvalue weighted by molar-refractivity contribution is 0.0655. The number of aliphatic imine (C=N–C) groups is 1. The van der Waals surface area contributed by atoms with Crippen LogP contribution in [-0.2, 0) is 12.1 Å². The largest absolute Gasteiger partial charge is 0.383 e. The second-order valence-corrected chi connectivity index (χ2v) is 7.75. The Hall–Kier alpha value is -1.32. The molecule has 1 aromatic carbocycles. The first kappa shape index (κ1) is 23.7.